The molecule has 0 saturated heterocycles. The Kier molecular flexibility index (Phi) is 7.86. The highest BCUT2D eigenvalue weighted by Crippen LogP contribution is 2.25. The molecular weight excluding hydrogens is 380 g/mol. The highest BCUT2D eigenvalue weighted by atomic mass is 32.2. The average molecular weight is 409 g/mol. The quantitative estimate of drug-likeness (QED) is 0.628. The van der Waals surface area contributed by atoms with Gasteiger partial charge in [-0.25, -0.2) is 8.42 Å². The minimum Gasteiger partial charge on any atom is -0.352 e. The molecule has 1 aromatic heterocycles. The molecule has 0 aliphatic carbocycles. The van der Waals surface area contributed by atoms with E-state index in [0.717, 1.165) is 19.3 Å². The summed E-state index contributed by atoms with van der Waals surface area (Å²) in [5.74, 6) is 0.371. The van der Waals surface area contributed by atoms with E-state index >= 15 is 0 Å². The number of nitrogens with one attached hydrogen (secondary N) is 1. The number of benzene rings is 1. The lowest BCUT2D eigenvalue weighted by Crippen LogP contribution is -2.29. The van der Waals surface area contributed by atoms with E-state index in [-0.39, 0.29) is 5.91 Å². The summed E-state index contributed by atoms with van der Waals surface area (Å²) >= 11 is 1.18. The topological polar surface area (TPSA) is 66.5 Å². The number of hydrogen-bond acceptors (Lipinski definition) is 4. The van der Waals surface area contributed by atoms with Crippen molar-refractivity contribution in [3.05, 3.63) is 47.3 Å². The fraction of sp³-hybridized carbons (Fsp3) is 0.450. The van der Waals surface area contributed by atoms with Gasteiger partial charge in [0, 0.05) is 19.2 Å². The van der Waals surface area contributed by atoms with Crippen LogP contribution in [0.3, 0.4) is 0 Å². The largest absolute Gasteiger partial charge is 0.352 e. The summed E-state index contributed by atoms with van der Waals surface area (Å²) in [5, 5.41) is 4.73. The maximum atomic E-state index is 12.6. The Hall–Kier alpha value is -1.86. The van der Waals surface area contributed by atoms with Crippen molar-refractivity contribution in [2.75, 3.05) is 17.9 Å². The first kappa shape index (κ1) is 21.4. The summed E-state index contributed by atoms with van der Waals surface area (Å²) in [6.07, 6.45) is 4.50. The lowest BCUT2D eigenvalue weighted by atomic mass is 9.99. The van der Waals surface area contributed by atoms with E-state index < -0.39 is 10.0 Å². The lowest BCUT2D eigenvalue weighted by molar-refractivity contribution is 0.0946. The molecule has 5 nitrogen and oxygen atoms in total. The molecule has 1 aromatic carbocycles. The molecule has 0 fully saturated rings. The fourth-order valence-electron chi connectivity index (χ4n) is 2.79. The van der Waals surface area contributed by atoms with Crippen LogP contribution in [0.15, 0.2) is 46.0 Å². The summed E-state index contributed by atoms with van der Waals surface area (Å²) < 4.78 is 26.7. The number of hydrogen-bond donors (Lipinski definition) is 1. The molecule has 7 heteroatoms. The van der Waals surface area contributed by atoms with Crippen molar-refractivity contribution >= 4 is 33.0 Å². The van der Waals surface area contributed by atoms with Crippen LogP contribution in [-0.4, -0.2) is 27.9 Å². The van der Waals surface area contributed by atoms with E-state index in [0.29, 0.717) is 27.9 Å². The van der Waals surface area contributed by atoms with Crippen molar-refractivity contribution in [2.45, 2.75) is 43.7 Å². The molecule has 2 aromatic rings. The van der Waals surface area contributed by atoms with Crippen molar-refractivity contribution in [3.63, 3.8) is 0 Å². The van der Waals surface area contributed by atoms with Gasteiger partial charge in [0.15, 0.2) is 0 Å². The number of rotatable bonds is 10. The van der Waals surface area contributed by atoms with Crippen molar-refractivity contribution in [2.24, 2.45) is 5.92 Å². The van der Waals surface area contributed by atoms with Crippen molar-refractivity contribution in [1.82, 2.24) is 5.32 Å². The van der Waals surface area contributed by atoms with Gasteiger partial charge in [-0.1, -0.05) is 39.2 Å². The van der Waals surface area contributed by atoms with Gasteiger partial charge in [0.25, 0.3) is 15.9 Å². The number of unbranched alkanes of at least 4 members (excludes halogenated alkanes) is 1. The van der Waals surface area contributed by atoms with Crippen LogP contribution in [0.2, 0.25) is 0 Å². The molecule has 1 amide bonds. The predicted molar refractivity (Wildman–Crippen MR) is 112 cm³/mol. The Balaban J connectivity index is 2.01. The number of amides is 1. The molecule has 27 heavy (non-hydrogen) atoms. The molecular formula is C20H28N2O3S2. The molecule has 0 spiro atoms. The molecule has 0 saturated carbocycles. The minimum atomic E-state index is -3.56. The van der Waals surface area contributed by atoms with Gasteiger partial charge < -0.3 is 5.32 Å². The summed E-state index contributed by atoms with van der Waals surface area (Å²) in [4.78, 5) is 12.4. The van der Waals surface area contributed by atoms with Gasteiger partial charge in [0.1, 0.15) is 4.21 Å². The van der Waals surface area contributed by atoms with Crippen LogP contribution in [0.25, 0.3) is 0 Å². The molecule has 0 aliphatic heterocycles. The fourth-order valence-corrected chi connectivity index (χ4v) is 5.15. The van der Waals surface area contributed by atoms with Crippen molar-refractivity contribution in [1.29, 1.82) is 0 Å². The number of thiophene rings is 1. The zero-order chi connectivity index (χ0) is 19.9. The van der Waals surface area contributed by atoms with E-state index in [2.05, 4.69) is 19.2 Å². The van der Waals surface area contributed by atoms with Gasteiger partial charge in [-0.15, -0.1) is 11.3 Å². The first-order chi connectivity index (χ1) is 12.9. The smallest absolute Gasteiger partial charge is 0.273 e. The molecule has 0 radical (unpaired) electrons. The van der Waals surface area contributed by atoms with E-state index in [1.54, 1.807) is 41.8 Å². The van der Waals surface area contributed by atoms with Crippen LogP contribution in [0, 0.1) is 5.92 Å². The third kappa shape index (κ3) is 5.56. The Bertz CT molecular complexity index is 815. The summed E-state index contributed by atoms with van der Waals surface area (Å²) in [6, 6.07) is 9.95. The molecule has 0 bridgehead atoms. The molecule has 148 valence electrons. The summed E-state index contributed by atoms with van der Waals surface area (Å²) in [7, 11) is -2.05. The second-order valence-corrected chi connectivity index (χ2v) is 9.72. The Labute approximate surface area is 166 Å². The highest BCUT2D eigenvalue weighted by Gasteiger charge is 2.22. The molecule has 1 N–H and O–H groups in total. The van der Waals surface area contributed by atoms with Crippen LogP contribution in [0.5, 0.6) is 0 Å². The molecule has 1 heterocycles. The van der Waals surface area contributed by atoms with E-state index in [4.69, 9.17) is 0 Å². The van der Waals surface area contributed by atoms with E-state index in [9.17, 15) is 13.2 Å². The number of carbonyl (C=O) groups is 1. The summed E-state index contributed by atoms with van der Waals surface area (Å²) in [5.41, 5.74) is 1.06. The van der Waals surface area contributed by atoms with Gasteiger partial charge in [-0.3, -0.25) is 9.10 Å². The number of sulfonamides is 1. The third-order valence-electron chi connectivity index (χ3n) is 4.70. The van der Waals surface area contributed by atoms with Gasteiger partial charge in [-0.2, -0.15) is 0 Å². The van der Waals surface area contributed by atoms with E-state index in [1.165, 1.54) is 29.1 Å². The van der Waals surface area contributed by atoms with Gasteiger partial charge in [0.05, 0.1) is 5.69 Å². The van der Waals surface area contributed by atoms with Gasteiger partial charge in [0.2, 0.25) is 0 Å². The standard InChI is InChI=1S/C20H28N2O3S2/c1-4-6-8-16(5-2)15-21-20(23)17-10-12-18(13-11-17)22(3)27(24,25)19-9-7-14-26-19/h7,9-14,16H,4-6,8,15H2,1-3H3,(H,21,23)/t16-/m0/s1. The molecule has 0 aliphatic rings. The summed E-state index contributed by atoms with van der Waals surface area (Å²) in [6.45, 7) is 4.98. The monoisotopic (exact) mass is 408 g/mol. The minimum absolute atomic E-state index is 0.125. The average Bonchev–Trinajstić information content (AvgIpc) is 3.23. The maximum Gasteiger partial charge on any atom is 0.273 e. The van der Waals surface area contributed by atoms with Gasteiger partial charge >= 0.3 is 0 Å². The van der Waals surface area contributed by atoms with Crippen LogP contribution >= 0.6 is 11.3 Å². The van der Waals surface area contributed by atoms with Crippen molar-refractivity contribution in [3.8, 4) is 0 Å². The molecule has 0 unspecified atom stereocenters. The number of nitrogens with zero attached hydrogens (tertiary/aromatic N) is 1. The normalized spacial score (nSPS) is 12.6. The Morgan fingerprint density at radius 3 is 2.44 bits per heavy atom. The van der Waals surface area contributed by atoms with Crippen LogP contribution in [0.4, 0.5) is 5.69 Å². The first-order valence-electron chi connectivity index (χ1n) is 9.30. The van der Waals surface area contributed by atoms with Crippen LogP contribution in [0.1, 0.15) is 49.9 Å². The zero-order valence-corrected chi connectivity index (χ0v) is 17.8. The second-order valence-electron chi connectivity index (χ2n) is 6.58. The Morgan fingerprint density at radius 1 is 1.19 bits per heavy atom. The van der Waals surface area contributed by atoms with E-state index in [1.807, 2.05) is 0 Å². The third-order valence-corrected chi connectivity index (χ3v) is 7.86. The van der Waals surface area contributed by atoms with Crippen LogP contribution in [-0.2, 0) is 10.0 Å². The zero-order valence-electron chi connectivity index (χ0n) is 16.1. The predicted octanol–water partition coefficient (Wildman–Crippen LogP) is 4.52. The Morgan fingerprint density at radius 2 is 1.89 bits per heavy atom. The molecule has 1 atom stereocenters. The SMILES string of the molecule is CCCC[C@H](CC)CNC(=O)c1ccc(N(C)S(=O)(=O)c2cccs2)cc1. The maximum absolute atomic E-state index is 12.6. The lowest BCUT2D eigenvalue weighted by Gasteiger charge is -2.19. The van der Waals surface area contributed by atoms with Gasteiger partial charge in [-0.05, 0) is 48.1 Å². The second kappa shape index (κ2) is 9.90. The van der Waals surface area contributed by atoms with Crippen LogP contribution < -0.4 is 9.62 Å². The molecule has 2 rings (SSSR count). The number of carbonyl (C=O) groups excluding carboxylic acids is 1. The first-order valence-corrected chi connectivity index (χ1v) is 11.6. The highest BCUT2D eigenvalue weighted by molar-refractivity contribution is 7.94. The van der Waals surface area contributed by atoms with Crippen molar-refractivity contribution < 1.29 is 13.2 Å². The number of anilines is 1.